The van der Waals surface area contributed by atoms with E-state index in [4.69, 9.17) is 28.7 Å². The number of amides is 8. The van der Waals surface area contributed by atoms with Crippen molar-refractivity contribution >= 4 is 81.0 Å². The highest BCUT2D eigenvalue weighted by Crippen LogP contribution is 2.21. The van der Waals surface area contributed by atoms with E-state index < -0.39 is 115 Å². The lowest BCUT2D eigenvalue weighted by atomic mass is 9.99. The van der Waals surface area contributed by atoms with Crippen molar-refractivity contribution in [3.8, 4) is 0 Å². The molecule has 69 heavy (non-hydrogen) atoms. The fraction of sp³-hybridized carbons (Fsp3) is 0.422. The van der Waals surface area contributed by atoms with E-state index in [1.54, 1.807) is 26.2 Å². The summed E-state index contributed by atoms with van der Waals surface area (Å²) >= 11 is 0. The first-order valence-corrected chi connectivity index (χ1v) is 22.2. The monoisotopic (exact) mass is 958 g/mol. The smallest absolute Gasteiger partial charge is 0.326 e. The Morgan fingerprint density at radius 1 is 0.623 bits per heavy atom. The van der Waals surface area contributed by atoms with Crippen LogP contribution < -0.4 is 60.6 Å². The lowest BCUT2D eigenvalue weighted by Gasteiger charge is -2.27. The maximum Gasteiger partial charge on any atom is 0.326 e. The molecule has 4 rings (SSSR count). The van der Waals surface area contributed by atoms with Gasteiger partial charge in [-0.15, -0.1) is 0 Å². The molecule has 0 fully saturated rings. The van der Waals surface area contributed by atoms with Gasteiger partial charge in [0.05, 0.1) is 19.0 Å². The third-order valence-corrected chi connectivity index (χ3v) is 10.9. The molecular formula is C45H62N14O10. The fourth-order valence-corrected chi connectivity index (χ4v) is 7.42. The van der Waals surface area contributed by atoms with Gasteiger partial charge in [-0.1, -0.05) is 50.2 Å². The summed E-state index contributed by atoms with van der Waals surface area (Å²) in [6, 6.07) is 6.49. The van der Waals surface area contributed by atoms with Crippen molar-refractivity contribution in [2.75, 3.05) is 13.1 Å². The molecule has 24 heteroatoms. The van der Waals surface area contributed by atoms with Crippen molar-refractivity contribution in [1.29, 1.82) is 0 Å². The molecule has 2 aromatic carbocycles. The first kappa shape index (κ1) is 53.6. The van der Waals surface area contributed by atoms with Gasteiger partial charge in [0.15, 0.2) is 5.96 Å². The third-order valence-electron chi connectivity index (χ3n) is 10.9. The van der Waals surface area contributed by atoms with Crippen LogP contribution in [-0.2, 0) is 56.0 Å². The number of hydrogen-bond acceptors (Lipinski definition) is 11. The maximum atomic E-state index is 14.3. The van der Waals surface area contributed by atoms with Gasteiger partial charge in [0.25, 0.3) is 0 Å². The second-order valence-corrected chi connectivity index (χ2v) is 16.9. The van der Waals surface area contributed by atoms with Gasteiger partial charge in [-0.2, -0.15) is 0 Å². The quantitative estimate of drug-likeness (QED) is 0.0161. The number of carbonyl (C=O) groups is 9. The van der Waals surface area contributed by atoms with Crippen LogP contribution in [0.1, 0.15) is 63.5 Å². The normalized spacial score (nSPS) is 13.7. The molecule has 4 aromatic rings. The van der Waals surface area contributed by atoms with Crippen molar-refractivity contribution in [2.24, 2.45) is 39.6 Å². The van der Waals surface area contributed by atoms with Gasteiger partial charge in [-0.25, -0.2) is 4.79 Å². The molecule has 0 spiro atoms. The minimum atomic E-state index is -1.73. The number of benzene rings is 2. The number of nitrogens with zero attached hydrogens (tertiary/aromatic N) is 1. The van der Waals surface area contributed by atoms with Crippen molar-refractivity contribution in [3.63, 3.8) is 0 Å². The fourth-order valence-electron chi connectivity index (χ4n) is 7.42. The summed E-state index contributed by atoms with van der Waals surface area (Å²) in [6.07, 6.45) is 2.13. The second-order valence-electron chi connectivity index (χ2n) is 16.9. The average molecular weight is 959 g/mol. The summed E-state index contributed by atoms with van der Waals surface area (Å²) in [7, 11) is 0. The van der Waals surface area contributed by atoms with Crippen LogP contribution in [0.2, 0.25) is 0 Å². The number of aromatic amines is 2. The zero-order valence-electron chi connectivity index (χ0n) is 38.3. The third kappa shape index (κ3) is 17.0. The number of guanidine groups is 1. The number of carbonyl (C=O) groups excluding carboxylic acids is 8. The summed E-state index contributed by atoms with van der Waals surface area (Å²) in [5.74, 6) is -9.02. The number of aliphatic imine (C=N–C) groups is 1. The van der Waals surface area contributed by atoms with Crippen LogP contribution in [0.5, 0.6) is 0 Å². The Kier molecular flexibility index (Phi) is 20.0. The van der Waals surface area contributed by atoms with Gasteiger partial charge >= 0.3 is 5.97 Å². The molecule has 6 atom stereocenters. The Balaban J connectivity index is 1.50. The van der Waals surface area contributed by atoms with Crippen LogP contribution in [0.4, 0.5) is 0 Å². The van der Waals surface area contributed by atoms with E-state index in [9.17, 15) is 48.3 Å². The Labute approximate surface area is 396 Å². The van der Waals surface area contributed by atoms with Crippen LogP contribution in [0.3, 0.4) is 0 Å². The highest BCUT2D eigenvalue weighted by Gasteiger charge is 2.34. The molecule has 0 unspecified atom stereocenters. The van der Waals surface area contributed by atoms with Gasteiger partial charge in [-0.3, -0.25) is 43.3 Å². The zero-order valence-corrected chi connectivity index (χ0v) is 38.3. The molecule has 0 saturated heterocycles. The minimum Gasteiger partial charge on any atom is -0.480 e. The molecule has 0 saturated carbocycles. The summed E-state index contributed by atoms with van der Waals surface area (Å²) in [5, 5.41) is 26.0. The van der Waals surface area contributed by atoms with E-state index in [1.165, 1.54) is 0 Å². The molecule has 8 amide bonds. The molecule has 19 N–H and O–H groups in total. The molecule has 0 bridgehead atoms. The number of rotatable bonds is 28. The van der Waals surface area contributed by atoms with Crippen molar-refractivity contribution in [3.05, 3.63) is 72.1 Å². The molecule has 2 aromatic heterocycles. The number of nitrogens with two attached hydrogens (primary N) is 5. The number of aliphatic carboxylic acids is 1. The zero-order chi connectivity index (χ0) is 50.8. The second kappa shape index (κ2) is 25.8. The van der Waals surface area contributed by atoms with Crippen LogP contribution in [-0.4, -0.2) is 124 Å². The van der Waals surface area contributed by atoms with Gasteiger partial charge < -0.3 is 75.6 Å². The largest absolute Gasteiger partial charge is 0.480 e. The number of hydrogen-bond donors (Lipinski definition) is 14. The number of primary amides is 2. The van der Waals surface area contributed by atoms with E-state index in [0.717, 1.165) is 27.4 Å². The SMILES string of the molecule is CC(C)C[C@H](NC(=O)[C@H](Cc1c[nH]c2ccccc12)NC(=O)[C@@H](N)Cc1c[nH]c2ccccc12)C(=O)N[C@@H](CC(N)=O)C(=O)N[C@@H](CCC(N)=O)C(=O)NCC(=O)N[C@@H](CCCN=C(N)N)C(=O)O. The Hall–Kier alpha value is -8.02. The van der Waals surface area contributed by atoms with E-state index in [1.807, 2.05) is 48.5 Å². The molecule has 2 heterocycles. The highest BCUT2D eigenvalue weighted by molar-refractivity contribution is 5.98. The van der Waals surface area contributed by atoms with E-state index in [-0.39, 0.29) is 50.5 Å². The Morgan fingerprint density at radius 2 is 1.16 bits per heavy atom. The topological polar surface area (TPSA) is 420 Å². The first-order chi connectivity index (χ1) is 32.7. The van der Waals surface area contributed by atoms with Crippen LogP contribution in [0.25, 0.3) is 21.8 Å². The summed E-state index contributed by atoms with van der Waals surface area (Å²) in [6.45, 7) is 2.89. The van der Waals surface area contributed by atoms with E-state index >= 15 is 0 Å². The van der Waals surface area contributed by atoms with Gasteiger partial charge in [0.2, 0.25) is 47.3 Å². The van der Waals surface area contributed by atoms with Crippen molar-refractivity contribution in [1.82, 2.24) is 41.9 Å². The molecule has 0 aliphatic heterocycles. The molecule has 0 aliphatic rings. The summed E-state index contributed by atoms with van der Waals surface area (Å²) < 4.78 is 0. The Morgan fingerprint density at radius 3 is 1.72 bits per heavy atom. The molecule has 24 nitrogen and oxygen atoms in total. The Bertz CT molecular complexity index is 2520. The highest BCUT2D eigenvalue weighted by atomic mass is 16.4. The standard InChI is InChI=1S/C45H62N14O10/c1-23(2)16-33(58-42(66)34(18-25-21-53-30-11-6-4-9-27(25)30)57-39(63)28(46)17-24-20-52-29-10-5-3-8-26(24)29)41(65)59-35(19-37(48)61)43(67)56-31(13-14-36(47)60)40(64)54-22-38(62)55-32(44(68)69)12-7-15-51-45(49)50/h3-6,8-11,20-21,23,28,31-35,52-53H,7,12-19,22,46H2,1-2H3,(H2,47,60)(H2,48,61)(H,54,64)(H,55,62)(H,56,67)(H,57,63)(H,58,66)(H,59,65)(H,68,69)(H4,49,50,51)/t28-,31-,32-,33-,34-,35-/m0/s1. The van der Waals surface area contributed by atoms with E-state index in [0.29, 0.717) is 5.56 Å². The van der Waals surface area contributed by atoms with Crippen LogP contribution in [0, 0.1) is 5.92 Å². The number of carboxylic acids is 1. The summed E-state index contributed by atoms with van der Waals surface area (Å²) in [5.41, 5.74) is 30.9. The minimum absolute atomic E-state index is 0.0149. The summed E-state index contributed by atoms with van der Waals surface area (Å²) in [4.78, 5) is 128. The predicted octanol–water partition coefficient (Wildman–Crippen LogP) is -2.37. The van der Waals surface area contributed by atoms with E-state index in [2.05, 4.69) is 46.9 Å². The number of nitrogens with one attached hydrogen (secondary N) is 8. The molecular weight excluding hydrogens is 897 g/mol. The van der Waals surface area contributed by atoms with Gasteiger partial charge in [-0.05, 0) is 61.3 Å². The lowest BCUT2D eigenvalue weighted by Crippen LogP contribution is -2.60. The molecule has 0 radical (unpaired) electrons. The number of carboxylic acid groups (broad SMARTS) is 1. The number of aromatic nitrogens is 2. The predicted molar refractivity (Wildman–Crippen MR) is 254 cm³/mol. The number of fused-ring (bicyclic) bond motifs is 2. The molecule has 0 aliphatic carbocycles. The lowest BCUT2D eigenvalue weighted by molar-refractivity contribution is -0.142. The van der Waals surface area contributed by atoms with Crippen molar-refractivity contribution < 1.29 is 48.3 Å². The van der Waals surface area contributed by atoms with Gasteiger partial charge in [0, 0.05) is 53.6 Å². The first-order valence-electron chi connectivity index (χ1n) is 22.2. The number of H-pyrrole nitrogens is 2. The maximum absolute atomic E-state index is 14.3. The molecule has 372 valence electrons. The number of para-hydroxylation sites is 2. The van der Waals surface area contributed by atoms with Crippen molar-refractivity contribution in [2.45, 2.75) is 101 Å². The van der Waals surface area contributed by atoms with Crippen LogP contribution in [0.15, 0.2) is 65.9 Å². The van der Waals surface area contributed by atoms with Gasteiger partial charge in [0.1, 0.15) is 30.2 Å². The van der Waals surface area contributed by atoms with Crippen LogP contribution >= 0.6 is 0 Å². The average Bonchev–Trinajstić information content (AvgIpc) is 3.90.